The molecule has 0 saturated heterocycles. The molecule has 194 valence electrons. The number of methoxy groups -OCH3 is 1. The summed E-state index contributed by atoms with van der Waals surface area (Å²) in [5.74, 6) is -1.64. The molecule has 0 aliphatic rings. The van der Waals surface area contributed by atoms with E-state index < -0.39 is 48.1 Å². The van der Waals surface area contributed by atoms with Gasteiger partial charge in [0.1, 0.15) is 30.0 Å². The van der Waals surface area contributed by atoms with Crippen LogP contribution in [-0.2, 0) is 23.9 Å². The molecular formula is C24H35N3O7S. The van der Waals surface area contributed by atoms with Crippen molar-refractivity contribution in [3.63, 3.8) is 0 Å². The molecule has 0 bridgehead atoms. The van der Waals surface area contributed by atoms with Gasteiger partial charge < -0.3 is 30.1 Å². The van der Waals surface area contributed by atoms with Gasteiger partial charge >= 0.3 is 12.1 Å². The number of rotatable bonds is 12. The zero-order valence-electron chi connectivity index (χ0n) is 20.8. The number of phenolic OH excluding ortho intramolecular Hbond substituents is 1. The second kappa shape index (κ2) is 14.2. The number of benzene rings is 1. The van der Waals surface area contributed by atoms with Crippen molar-refractivity contribution in [1.82, 2.24) is 15.5 Å². The SMILES string of the molecule is C=CCN(C(=O)C(CCSC)NC(=O)OC(C)(C)C)C(C(=O)NCC(=O)OC)c1ccccc1O. The molecule has 2 atom stereocenters. The number of phenols is 1. The van der Waals surface area contributed by atoms with Crippen molar-refractivity contribution in [2.75, 3.05) is 32.2 Å². The highest BCUT2D eigenvalue weighted by atomic mass is 32.2. The molecule has 2 unspecified atom stereocenters. The van der Waals surface area contributed by atoms with Gasteiger partial charge in [-0.15, -0.1) is 6.58 Å². The summed E-state index contributed by atoms with van der Waals surface area (Å²) in [5, 5.41) is 15.5. The van der Waals surface area contributed by atoms with Crippen molar-refractivity contribution in [3.05, 3.63) is 42.5 Å². The fourth-order valence-electron chi connectivity index (χ4n) is 3.10. The minimum absolute atomic E-state index is 0.0742. The Kier molecular flexibility index (Phi) is 12.1. The van der Waals surface area contributed by atoms with E-state index >= 15 is 0 Å². The molecule has 11 heteroatoms. The number of carbonyl (C=O) groups excluding carboxylic acids is 4. The molecule has 0 spiro atoms. The van der Waals surface area contributed by atoms with Gasteiger partial charge in [-0.2, -0.15) is 11.8 Å². The highest BCUT2D eigenvalue weighted by molar-refractivity contribution is 7.98. The van der Waals surface area contributed by atoms with Crippen LogP contribution >= 0.6 is 11.8 Å². The number of amides is 3. The van der Waals surface area contributed by atoms with Gasteiger partial charge in [0.15, 0.2) is 0 Å². The van der Waals surface area contributed by atoms with Crippen molar-refractivity contribution < 1.29 is 33.8 Å². The van der Waals surface area contributed by atoms with Crippen molar-refractivity contribution in [3.8, 4) is 5.75 Å². The second-order valence-electron chi connectivity index (χ2n) is 8.51. The first-order chi connectivity index (χ1) is 16.4. The number of alkyl carbamates (subject to hydrolysis) is 1. The van der Waals surface area contributed by atoms with Crippen molar-refractivity contribution >= 4 is 35.6 Å². The molecule has 3 amide bonds. The molecular weight excluding hydrogens is 474 g/mol. The van der Waals surface area contributed by atoms with Crippen LogP contribution in [0.2, 0.25) is 0 Å². The standard InChI is InChI=1S/C24H35N3O7S/c1-7-13-27(22(31)17(12-14-35-6)26-23(32)34-24(2,3)4)20(16-10-8-9-11-18(16)28)21(30)25-15-19(29)33-5/h7-11,17,20,28H,1,12-15H2,2-6H3,(H,25,30)(H,26,32). The summed E-state index contributed by atoms with van der Waals surface area (Å²) in [6.07, 6.45) is 2.79. The van der Waals surface area contributed by atoms with E-state index in [0.29, 0.717) is 5.75 Å². The Balaban J connectivity index is 3.40. The summed E-state index contributed by atoms with van der Waals surface area (Å²) in [6, 6.07) is 3.74. The Morgan fingerprint density at radius 1 is 1.23 bits per heavy atom. The maximum absolute atomic E-state index is 13.7. The molecule has 1 aromatic carbocycles. The zero-order valence-corrected chi connectivity index (χ0v) is 21.6. The zero-order chi connectivity index (χ0) is 26.6. The molecule has 0 radical (unpaired) electrons. The molecule has 0 fully saturated rings. The Bertz CT molecular complexity index is 901. The largest absolute Gasteiger partial charge is 0.508 e. The van der Waals surface area contributed by atoms with Crippen LogP contribution in [0.1, 0.15) is 38.8 Å². The minimum Gasteiger partial charge on any atom is -0.508 e. The van der Waals surface area contributed by atoms with Crippen LogP contribution in [0.25, 0.3) is 0 Å². The Morgan fingerprint density at radius 3 is 2.43 bits per heavy atom. The maximum atomic E-state index is 13.7. The quantitative estimate of drug-likeness (QED) is 0.289. The normalized spacial score (nSPS) is 12.6. The number of esters is 1. The third-order valence-electron chi connectivity index (χ3n) is 4.63. The first kappa shape index (κ1) is 29.8. The van der Waals surface area contributed by atoms with E-state index in [1.54, 1.807) is 32.9 Å². The first-order valence-corrected chi connectivity index (χ1v) is 12.4. The molecule has 0 saturated carbocycles. The second-order valence-corrected chi connectivity index (χ2v) is 9.50. The Morgan fingerprint density at radius 2 is 1.89 bits per heavy atom. The average molecular weight is 510 g/mol. The van der Waals surface area contributed by atoms with Crippen LogP contribution in [-0.4, -0.2) is 77.7 Å². The number of carbonyl (C=O) groups is 4. The predicted molar refractivity (Wildman–Crippen MR) is 134 cm³/mol. The molecule has 1 rings (SSSR count). The third kappa shape index (κ3) is 9.89. The summed E-state index contributed by atoms with van der Waals surface area (Å²) in [7, 11) is 1.18. The molecule has 0 heterocycles. The fraction of sp³-hybridized carbons (Fsp3) is 0.500. The lowest BCUT2D eigenvalue weighted by Crippen LogP contribution is -2.53. The molecule has 0 aliphatic carbocycles. The molecule has 0 aliphatic heterocycles. The lowest BCUT2D eigenvalue weighted by Gasteiger charge is -2.34. The summed E-state index contributed by atoms with van der Waals surface area (Å²) in [6.45, 7) is 8.29. The number of aromatic hydroxyl groups is 1. The molecule has 0 aromatic heterocycles. The number of nitrogens with zero attached hydrogens (tertiary/aromatic N) is 1. The number of hydrogen-bond acceptors (Lipinski definition) is 8. The van der Waals surface area contributed by atoms with Crippen LogP contribution in [0.5, 0.6) is 5.75 Å². The van der Waals surface area contributed by atoms with E-state index in [1.807, 2.05) is 6.26 Å². The van der Waals surface area contributed by atoms with Gasteiger partial charge in [-0.3, -0.25) is 14.4 Å². The lowest BCUT2D eigenvalue weighted by molar-refractivity contribution is -0.144. The van der Waals surface area contributed by atoms with Crippen molar-refractivity contribution in [2.24, 2.45) is 0 Å². The Hall–Kier alpha value is -3.21. The van der Waals surface area contributed by atoms with Gasteiger partial charge in [0, 0.05) is 12.1 Å². The van der Waals surface area contributed by atoms with Gasteiger partial charge in [0.2, 0.25) is 11.8 Å². The van der Waals surface area contributed by atoms with Gasteiger partial charge in [-0.25, -0.2) is 4.79 Å². The van der Waals surface area contributed by atoms with E-state index in [0.717, 1.165) is 0 Å². The average Bonchev–Trinajstić information content (AvgIpc) is 2.79. The Labute approximate surface area is 210 Å². The van der Waals surface area contributed by atoms with E-state index in [1.165, 1.54) is 42.0 Å². The predicted octanol–water partition coefficient (Wildman–Crippen LogP) is 2.38. The summed E-state index contributed by atoms with van der Waals surface area (Å²) in [4.78, 5) is 52.2. The topological polar surface area (TPSA) is 134 Å². The van der Waals surface area contributed by atoms with E-state index in [2.05, 4.69) is 21.9 Å². The smallest absolute Gasteiger partial charge is 0.408 e. The van der Waals surface area contributed by atoms with Gasteiger partial charge in [0.25, 0.3) is 0 Å². The van der Waals surface area contributed by atoms with Crippen LogP contribution in [0, 0.1) is 0 Å². The number of nitrogens with one attached hydrogen (secondary N) is 2. The fourth-order valence-corrected chi connectivity index (χ4v) is 3.57. The van der Waals surface area contributed by atoms with Crippen LogP contribution in [0.4, 0.5) is 4.79 Å². The van der Waals surface area contributed by atoms with E-state index in [4.69, 9.17) is 4.74 Å². The van der Waals surface area contributed by atoms with E-state index in [9.17, 15) is 24.3 Å². The lowest BCUT2D eigenvalue weighted by atomic mass is 10.0. The van der Waals surface area contributed by atoms with Gasteiger partial charge in [0.05, 0.1) is 7.11 Å². The summed E-state index contributed by atoms with van der Waals surface area (Å²) >= 11 is 1.49. The number of hydrogen-bond donors (Lipinski definition) is 3. The van der Waals surface area contributed by atoms with Crippen molar-refractivity contribution in [2.45, 2.75) is 44.9 Å². The van der Waals surface area contributed by atoms with E-state index in [-0.39, 0.29) is 24.3 Å². The number of ether oxygens (including phenoxy) is 2. The molecule has 10 nitrogen and oxygen atoms in total. The first-order valence-electron chi connectivity index (χ1n) is 11.0. The van der Waals surface area contributed by atoms with Crippen LogP contribution in [0.3, 0.4) is 0 Å². The highest BCUT2D eigenvalue weighted by Gasteiger charge is 2.36. The molecule has 3 N–H and O–H groups in total. The molecule has 35 heavy (non-hydrogen) atoms. The number of thioether (sulfide) groups is 1. The monoisotopic (exact) mass is 509 g/mol. The summed E-state index contributed by atoms with van der Waals surface area (Å²) < 4.78 is 9.88. The van der Waals surface area contributed by atoms with Gasteiger partial charge in [-0.05, 0) is 45.3 Å². The van der Waals surface area contributed by atoms with Crippen molar-refractivity contribution in [1.29, 1.82) is 0 Å². The number of para-hydroxylation sites is 1. The molecule has 1 aromatic rings. The third-order valence-corrected chi connectivity index (χ3v) is 5.28. The van der Waals surface area contributed by atoms with Crippen LogP contribution in [0.15, 0.2) is 36.9 Å². The highest BCUT2D eigenvalue weighted by Crippen LogP contribution is 2.30. The summed E-state index contributed by atoms with van der Waals surface area (Å²) in [5.41, 5.74) is -0.629. The minimum atomic E-state index is -1.32. The van der Waals surface area contributed by atoms with Crippen LogP contribution < -0.4 is 10.6 Å². The maximum Gasteiger partial charge on any atom is 0.408 e. The van der Waals surface area contributed by atoms with Gasteiger partial charge in [-0.1, -0.05) is 24.3 Å².